The van der Waals surface area contributed by atoms with E-state index in [9.17, 15) is 8.78 Å². The predicted molar refractivity (Wildman–Crippen MR) is 97.9 cm³/mol. The first-order chi connectivity index (χ1) is 13.5. The molecule has 2 aromatic rings. The SMILES string of the molecule is Fc1cccc(C(F)OC(Cn2ccnc2)C23CC4CC(CC(C4)C2)C3)c1F. The highest BCUT2D eigenvalue weighted by Crippen LogP contribution is 2.62. The summed E-state index contributed by atoms with van der Waals surface area (Å²) in [6, 6.07) is 3.57. The first kappa shape index (κ1) is 18.2. The standard InChI is InChI=1S/C22H25F3N2O/c23-18-3-1-2-17(20(18)24)21(25)28-19(12-27-5-4-26-13-27)22-9-14-6-15(10-22)8-16(7-14)11-22/h1-5,13-16,19,21H,6-12H2. The van der Waals surface area contributed by atoms with Gasteiger partial charge in [-0.2, -0.15) is 0 Å². The molecule has 1 aromatic carbocycles. The number of hydrogen-bond donors (Lipinski definition) is 0. The Morgan fingerprint density at radius 1 is 1.11 bits per heavy atom. The molecule has 150 valence electrons. The van der Waals surface area contributed by atoms with E-state index >= 15 is 4.39 Å². The van der Waals surface area contributed by atoms with Gasteiger partial charge < -0.3 is 9.30 Å². The third kappa shape index (κ3) is 3.15. The van der Waals surface area contributed by atoms with Crippen molar-refractivity contribution in [2.75, 3.05) is 0 Å². The van der Waals surface area contributed by atoms with Gasteiger partial charge in [0, 0.05) is 12.4 Å². The van der Waals surface area contributed by atoms with E-state index in [1.807, 2.05) is 10.8 Å². The average Bonchev–Trinajstić information content (AvgIpc) is 3.15. The first-order valence-corrected chi connectivity index (χ1v) is 10.2. The van der Waals surface area contributed by atoms with Crippen LogP contribution >= 0.6 is 0 Å². The summed E-state index contributed by atoms with van der Waals surface area (Å²) in [6.45, 7) is 0.476. The normalized spacial score (nSPS) is 33.2. The molecule has 0 aliphatic heterocycles. The zero-order valence-electron chi connectivity index (χ0n) is 15.7. The average molecular weight is 390 g/mol. The van der Waals surface area contributed by atoms with Crippen LogP contribution in [0.2, 0.25) is 0 Å². The van der Waals surface area contributed by atoms with Crippen LogP contribution in [0.1, 0.15) is 50.4 Å². The monoisotopic (exact) mass is 390 g/mol. The van der Waals surface area contributed by atoms with Gasteiger partial charge in [-0.3, -0.25) is 0 Å². The van der Waals surface area contributed by atoms with Crippen molar-refractivity contribution in [2.45, 2.75) is 57.5 Å². The molecule has 2 atom stereocenters. The molecule has 2 unspecified atom stereocenters. The van der Waals surface area contributed by atoms with Crippen LogP contribution in [0.3, 0.4) is 0 Å². The van der Waals surface area contributed by atoms with Crippen molar-refractivity contribution < 1.29 is 17.9 Å². The second-order valence-corrected chi connectivity index (χ2v) is 9.12. The van der Waals surface area contributed by atoms with Crippen LogP contribution in [-0.4, -0.2) is 15.7 Å². The molecule has 0 radical (unpaired) electrons. The summed E-state index contributed by atoms with van der Waals surface area (Å²) < 4.78 is 50.6. The minimum atomic E-state index is -1.99. The number of benzene rings is 1. The zero-order valence-corrected chi connectivity index (χ0v) is 15.7. The highest BCUT2D eigenvalue weighted by molar-refractivity contribution is 5.20. The number of alkyl halides is 1. The maximum Gasteiger partial charge on any atom is 0.228 e. The molecule has 4 bridgehead atoms. The molecule has 0 saturated heterocycles. The van der Waals surface area contributed by atoms with E-state index < -0.39 is 24.1 Å². The van der Waals surface area contributed by atoms with Crippen LogP contribution in [0.15, 0.2) is 36.9 Å². The molecule has 3 nitrogen and oxygen atoms in total. The number of nitrogens with zero attached hydrogens (tertiary/aromatic N) is 2. The van der Waals surface area contributed by atoms with Crippen molar-refractivity contribution in [3.05, 3.63) is 54.1 Å². The van der Waals surface area contributed by atoms with E-state index in [1.54, 1.807) is 12.5 Å². The molecular weight excluding hydrogens is 365 g/mol. The minimum Gasteiger partial charge on any atom is -0.339 e. The Bertz CT molecular complexity index is 803. The second kappa shape index (κ2) is 6.90. The van der Waals surface area contributed by atoms with E-state index in [-0.39, 0.29) is 11.0 Å². The Morgan fingerprint density at radius 3 is 2.39 bits per heavy atom. The van der Waals surface area contributed by atoms with Crippen LogP contribution in [-0.2, 0) is 11.3 Å². The molecule has 4 aliphatic carbocycles. The fraction of sp³-hybridized carbons (Fsp3) is 0.591. The van der Waals surface area contributed by atoms with Crippen LogP contribution in [0.4, 0.5) is 13.2 Å². The van der Waals surface area contributed by atoms with Crippen molar-refractivity contribution in [3.8, 4) is 0 Å². The molecule has 4 fully saturated rings. The molecule has 4 saturated carbocycles. The van der Waals surface area contributed by atoms with Crippen molar-refractivity contribution in [1.82, 2.24) is 9.55 Å². The molecule has 6 heteroatoms. The summed E-state index contributed by atoms with van der Waals surface area (Å²) in [4.78, 5) is 4.09. The Labute approximate surface area is 162 Å². The van der Waals surface area contributed by atoms with E-state index in [1.165, 1.54) is 31.4 Å². The topological polar surface area (TPSA) is 27.1 Å². The summed E-state index contributed by atoms with van der Waals surface area (Å²) in [5.41, 5.74) is -0.451. The molecule has 4 aliphatic rings. The van der Waals surface area contributed by atoms with Crippen LogP contribution in [0.25, 0.3) is 0 Å². The van der Waals surface area contributed by atoms with Gasteiger partial charge in [0.2, 0.25) is 6.36 Å². The Balaban J connectivity index is 1.44. The van der Waals surface area contributed by atoms with Gasteiger partial charge in [0.05, 0.1) is 24.5 Å². The predicted octanol–water partition coefficient (Wildman–Crippen LogP) is 5.43. The molecule has 0 spiro atoms. The lowest BCUT2D eigenvalue weighted by atomic mass is 9.48. The largest absolute Gasteiger partial charge is 0.339 e. The molecule has 0 N–H and O–H groups in total. The van der Waals surface area contributed by atoms with E-state index in [0.717, 1.165) is 25.3 Å². The van der Waals surface area contributed by atoms with Crippen molar-refractivity contribution in [3.63, 3.8) is 0 Å². The maximum absolute atomic E-state index is 15.1. The van der Waals surface area contributed by atoms with Crippen molar-refractivity contribution >= 4 is 0 Å². The van der Waals surface area contributed by atoms with Gasteiger partial charge in [-0.05, 0) is 67.8 Å². The lowest BCUT2D eigenvalue weighted by molar-refractivity contribution is -0.193. The number of hydrogen-bond acceptors (Lipinski definition) is 2. The second-order valence-electron chi connectivity index (χ2n) is 9.12. The number of rotatable bonds is 6. The fourth-order valence-electron chi connectivity index (χ4n) is 6.45. The highest BCUT2D eigenvalue weighted by Gasteiger charge is 2.55. The van der Waals surface area contributed by atoms with E-state index in [0.29, 0.717) is 24.3 Å². The molecular formula is C22H25F3N2O. The zero-order chi connectivity index (χ0) is 19.3. The van der Waals surface area contributed by atoms with E-state index in [2.05, 4.69) is 4.98 Å². The summed E-state index contributed by atoms with van der Waals surface area (Å²) >= 11 is 0. The van der Waals surface area contributed by atoms with Crippen LogP contribution in [0.5, 0.6) is 0 Å². The van der Waals surface area contributed by atoms with Gasteiger partial charge in [0.15, 0.2) is 11.6 Å². The van der Waals surface area contributed by atoms with Gasteiger partial charge in [-0.25, -0.2) is 18.2 Å². The lowest BCUT2D eigenvalue weighted by Crippen LogP contribution is -2.53. The molecule has 6 rings (SSSR count). The lowest BCUT2D eigenvalue weighted by Gasteiger charge is -2.59. The Morgan fingerprint density at radius 2 is 1.79 bits per heavy atom. The Kier molecular flexibility index (Phi) is 4.49. The number of ether oxygens (including phenoxy) is 1. The Hall–Kier alpha value is -1.82. The van der Waals surface area contributed by atoms with Crippen LogP contribution < -0.4 is 0 Å². The number of imidazole rings is 1. The maximum atomic E-state index is 15.1. The fourth-order valence-corrected chi connectivity index (χ4v) is 6.45. The number of aromatic nitrogens is 2. The smallest absolute Gasteiger partial charge is 0.228 e. The van der Waals surface area contributed by atoms with Gasteiger partial charge in [0.25, 0.3) is 0 Å². The minimum absolute atomic E-state index is 0.0901. The van der Waals surface area contributed by atoms with Gasteiger partial charge in [0.1, 0.15) is 0 Å². The first-order valence-electron chi connectivity index (χ1n) is 10.2. The molecule has 0 amide bonds. The molecule has 28 heavy (non-hydrogen) atoms. The van der Waals surface area contributed by atoms with Crippen LogP contribution in [0, 0.1) is 34.8 Å². The number of halogens is 3. The third-order valence-electron chi connectivity index (χ3n) is 7.21. The third-order valence-corrected chi connectivity index (χ3v) is 7.21. The summed E-state index contributed by atoms with van der Waals surface area (Å²) in [5.74, 6) is -0.163. The van der Waals surface area contributed by atoms with Crippen molar-refractivity contribution in [1.29, 1.82) is 0 Å². The highest BCUT2D eigenvalue weighted by atomic mass is 19.2. The van der Waals surface area contributed by atoms with Gasteiger partial charge >= 0.3 is 0 Å². The van der Waals surface area contributed by atoms with Gasteiger partial charge in [-0.1, -0.05) is 12.1 Å². The summed E-state index contributed by atoms with van der Waals surface area (Å²) in [7, 11) is 0. The molecule has 1 aromatic heterocycles. The quantitative estimate of drug-likeness (QED) is 0.658. The van der Waals surface area contributed by atoms with Crippen molar-refractivity contribution in [2.24, 2.45) is 23.2 Å². The van der Waals surface area contributed by atoms with E-state index in [4.69, 9.17) is 4.74 Å². The summed E-state index contributed by atoms with van der Waals surface area (Å²) in [5, 5.41) is 0. The van der Waals surface area contributed by atoms with Gasteiger partial charge in [-0.15, -0.1) is 0 Å². The summed E-state index contributed by atoms with van der Waals surface area (Å²) in [6.07, 6.45) is 9.78. The molecule has 1 heterocycles.